The molecule has 0 saturated heterocycles. The number of hydrogen-bond donors (Lipinski definition) is 0. The molecule has 1 heterocycles. The van der Waals surface area contributed by atoms with Crippen LogP contribution in [0.1, 0.15) is 28.5 Å². The Morgan fingerprint density at radius 3 is 2.67 bits per heavy atom. The normalized spacial score (nSPS) is 11.2. The van der Waals surface area contributed by atoms with Gasteiger partial charge in [0.05, 0.1) is 17.8 Å². The summed E-state index contributed by atoms with van der Waals surface area (Å²) in [5, 5.41) is 9.41. The summed E-state index contributed by atoms with van der Waals surface area (Å²) >= 11 is 5.86. The molecule has 0 bridgehead atoms. The molecular weight excluding hydrogens is 288 g/mol. The van der Waals surface area contributed by atoms with Gasteiger partial charge in [-0.2, -0.15) is 5.26 Å². The molecule has 0 aliphatic rings. The van der Waals surface area contributed by atoms with Gasteiger partial charge in [-0.3, -0.25) is 4.79 Å². The summed E-state index contributed by atoms with van der Waals surface area (Å²) in [6.07, 6.45) is 3.41. The summed E-state index contributed by atoms with van der Waals surface area (Å²) in [6.45, 7) is 3.66. The maximum absolute atomic E-state index is 11.6. The van der Waals surface area contributed by atoms with E-state index in [-0.39, 0.29) is 11.4 Å². The Morgan fingerprint density at radius 1 is 1.43 bits per heavy atom. The molecule has 0 spiro atoms. The largest absolute Gasteiger partial charge is 0.311 e. The smallest absolute Gasteiger partial charge is 0.240 e. The van der Waals surface area contributed by atoms with Crippen LogP contribution in [0.25, 0.3) is 0 Å². The van der Waals surface area contributed by atoms with Gasteiger partial charge in [0.1, 0.15) is 0 Å². The first-order chi connectivity index (χ1) is 10.0. The highest BCUT2D eigenvalue weighted by molar-refractivity contribution is 6.30. The van der Waals surface area contributed by atoms with E-state index < -0.39 is 0 Å². The lowest BCUT2D eigenvalue weighted by Crippen LogP contribution is -2.27. The Bertz CT molecular complexity index is 785. The molecule has 1 aromatic carbocycles. The lowest BCUT2D eigenvalue weighted by Gasteiger charge is -2.10. The Morgan fingerprint density at radius 2 is 2.10 bits per heavy atom. The zero-order valence-electron chi connectivity index (χ0n) is 11.7. The van der Waals surface area contributed by atoms with E-state index >= 15 is 0 Å². The lowest BCUT2D eigenvalue weighted by atomic mass is 10.1. The summed E-state index contributed by atoms with van der Waals surface area (Å²) in [5.41, 5.74) is 2.32. The summed E-state index contributed by atoms with van der Waals surface area (Å²) in [4.78, 5) is 19.5. The summed E-state index contributed by atoms with van der Waals surface area (Å²) in [7, 11) is 0. The van der Waals surface area contributed by atoms with E-state index in [1.807, 2.05) is 12.1 Å². The van der Waals surface area contributed by atoms with Crippen molar-refractivity contribution < 1.29 is 4.79 Å². The zero-order chi connectivity index (χ0) is 15.4. The second-order valence-corrected chi connectivity index (χ2v) is 5.00. The molecule has 0 radical (unpaired) electrons. The SMILES string of the molecule is CC(=O)c1cn(Cc2ccc(Cl)cc2)c(=NC#N)nc1C. The van der Waals surface area contributed by atoms with Crippen LogP contribution in [0.5, 0.6) is 0 Å². The molecule has 0 unspecified atom stereocenters. The molecule has 6 heteroatoms. The van der Waals surface area contributed by atoms with E-state index in [2.05, 4.69) is 9.98 Å². The van der Waals surface area contributed by atoms with Crippen molar-refractivity contribution >= 4 is 17.4 Å². The molecule has 0 aliphatic heterocycles. The van der Waals surface area contributed by atoms with Gasteiger partial charge in [-0.15, -0.1) is 4.99 Å². The molecular formula is C15H13ClN4O. The number of carbonyl (C=O) groups is 1. The highest BCUT2D eigenvalue weighted by Crippen LogP contribution is 2.11. The minimum Gasteiger partial charge on any atom is -0.311 e. The van der Waals surface area contributed by atoms with E-state index in [1.165, 1.54) is 6.92 Å². The number of hydrogen-bond acceptors (Lipinski definition) is 4. The number of halogens is 1. The first-order valence-corrected chi connectivity index (χ1v) is 6.65. The molecule has 21 heavy (non-hydrogen) atoms. The molecule has 0 fully saturated rings. The van der Waals surface area contributed by atoms with Gasteiger partial charge in [0.15, 0.2) is 5.78 Å². The fourth-order valence-corrected chi connectivity index (χ4v) is 2.09. The van der Waals surface area contributed by atoms with E-state index in [0.717, 1.165) is 5.56 Å². The molecule has 0 N–H and O–H groups in total. The number of Topliss-reactive ketones (excluding diaryl/α,β-unsaturated/α-hetero) is 1. The molecule has 0 saturated carbocycles. The van der Waals surface area contributed by atoms with Crippen LogP contribution >= 0.6 is 11.6 Å². The van der Waals surface area contributed by atoms with Crippen LogP contribution in [-0.4, -0.2) is 15.3 Å². The van der Waals surface area contributed by atoms with E-state index in [1.54, 1.807) is 36.0 Å². The van der Waals surface area contributed by atoms with Gasteiger partial charge in [-0.1, -0.05) is 23.7 Å². The first-order valence-electron chi connectivity index (χ1n) is 6.27. The number of ketones is 1. The average Bonchev–Trinajstić information content (AvgIpc) is 2.44. The van der Waals surface area contributed by atoms with Crippen molar-refractivity contribution in [3.05, 3.63) is 57.9 Å². The third kappa shape index (κ3) is 3.56. The first kappa shape index (κ1) is 14.9. The van der Waals surface area contributed by atoms with Gasteiger partial charge in [-0.05, 0) is 31.5 Å². The van der Waals surface area contributed by atoms with Crippen molar-refractivity contribution in [2.24, 2.45) is 4.99 Å². The second-order valence-electron chi connectivity index (χ2n) is 4.56. The van der Waals surface area contributed by atoms with Crippen LogP contribution in [0.2, 0.25) is 5.02 Å². The van der Waals surface area contributed by atoms with Crippen molar-refractivity contribution in [3.63, 3.8) is 0 Å². The predicted molar refractivity (Wildman–Crippen MR) is 78.7 cm³/mol. The summed E-state index contributed by atoms with van der Waals surface area (Å²) in [5.74, 6) is -0.0756. The molecule has 0 amide bonds. The number of nitriles is 1. The maximum atomic E-state index is 11.6. The minimum absolute atomic E-state index is 0.0756. The number of rotatable bonds is 3. The monoisotopic (exact) mass is 300 g/mol. The number of benzene rings is 1. The van der Waals surface area contributed by atoms with Gasteiger partial charge in [0.25, 0.3) is 0 Å². The van der Waals surface area contributed by atoms with Crippen LogP contribution in [-0.2, 0) is 6.54 Å². The number of carbonyl (C=O) groups excluding carboxylic acids is 1. The predicted octanol–water partition coefficient (Wildman–Crippen LogP) is 2.48. The Labute approximate surface area is 127 Å². The third-order valence-electron chi connectivity index (χ3n) is 2.99. The molecule has 2 aromatic rings. The van der Waals surface area contributed by atoms with Gasteiger partial charge < -0.3 is 4.57 Å². The molecule has 0 aliphatic carbocycles. The average molecular weight is 301 g/mol. The van der Waals surface area contributed by atoms with Crippen molar-refractivity contribution in [2.45, 2.75) is 20.4 Å². The molecule has 1 aromatic heterocycles. The second kappa shape index (κ2) is 6.33. The van der Waals surface area contributed by atoms with Crippen molar-refractivity contribution in [1.29, 1.82) is 5.26 Å². The molecule has 2 rings (SSSR count). The Hall–Kier alpha value is -2.45. The molecule has 106 valence electrons. The van der Waals surface area contributed by atoms with Crippen LogP contribution in [0, 0.1) is 18.4 Å². The highest BCUT2D eigenvalue weighted by Gasteiger charge is 2.08. The van der Waals surface area contributed by atoms with Crippen LogP contribution in [0.15, 0.2) is 35.5 Å². The third-order valence-corrected chi connectivity index (χ3v) is 3.25. The molecule has 5 nitrogen and oxygen atoms in total. The topological polar surface area (TPSA) is 71.0 Å². The van der Waals surface area contributed by atoms with Gasteiger partial charge in [0, 0.05) is 11.2 Å². The lowest BCUT2D eigenvalue weighted by molar-refractivity contribution is 0.101. The minimum atomic E-state index is -0.0756. The van der Waals surface area contributed by atoms with Crippen molar-refractivity contribution in [3.8, 4) is 6.19 Å². The standard InChI is InChI=1S/C15H13ClN4O/c1-10-14(11(2)21)8-20(15(19-10)18-9-17)7-12-3-5-13(16)6-4-12/h3-6,8H,7H2,1-2H3. The van der Waals surface area contributed by atoms with Crippen LogP contribution < -0.4 is 5.62 Å². The van der Waals surface area contributed by atoms with Gasteiger partial charge in [-0.25, -0.2) is 4.98 Å². The fraction of sp³-hybridized carbons (Fsp3) is 0.200. The zero-order valence-corrected chi connectivity index (χ0v) is 12.4. The quantitative estimate of drug-likeness (QED) is 0.646. The van der Waals surface area contributed by atoms with Crippen LogP contribution in [0.4, 0.5) is 0 Å². The number of aryl methyl sites for hydroxylation is 1. The van der Waals surface area contributed by atoms with E-state index in [0.29, 0.717) is 22.8 Å². The van der Waals surface area contributed by atoms with Gasteiger partial charge in [0.2, 0.25) is 11.8 Å². The van der Waals surface area contributed by atoms with E-state index in [4.69, 9.17) is 16.9 Å². The maximum Gasteiger partial charge on any atom is 0.240 e. The summed E-state index contributed by atoms with van der Waals surface area (Å²) in [6, 6.07) is 7.32. The van der Waals surface area contributed by atoms with Gasteiger partial charge >= 0.3 is 0 Å². The number of aromatic nitrogens is 2. The van der Waals surface area contributed by atoms with Crippen LogP contribution in [0.3, 0.4) is 0 Å². The Kier molecular flexibility index (Phi) is 4.51. The van der Waals surface area contributed by atoms with Crippen molar-refractivity contribution in [2.75, 3.05) is 0 Å². The summed E-state index contributed by atoms with van der Waals surface area (Å²) < 4.78 is 1.68. The Balaban J connectivity index is 2.53. The molecule has 0 atom stereocenters. The highest BCUT2D eigenvalue weighted by atomic mass is 35.5. The fourth-order valence-electron chi connectivity index (χ4n) is 1.96. The van der Waals surface area contributed by atoms with E-state index in [9.17, 15) is 4.79 Å². The van der Waals surface area contributed by atoms with Crippen molar-refractivity contribution in [1.82, 2.24) is 9.55 Å². The number of nitrogens with zero attached hydrogens (tertiary/aromatic N) is 4.